The molecule has 0 spiro atoms. The summed E-state index contributed by atoms with van der Waals surface area (Å²) in [6.07, 6.45) is 9.29. The van der Waals surface area contributed by atoms with E-state index in [1.54, 1.807) is 24.4 Å². The van der Waals surface area contributed by atoms with Crippen molar-refractivity contribution in [3.63, 3.8) is 0 Å². The molecule has 2 heterocycles. The number of aromatic nitrogens is 1. The van der Waals surface area contributed by atoms with Gasteiger partial charge in [0, 0.05) is 12.2 Å². The minimum atomic E-state index is -1.09. The number of carbonyl (C=O) groups is 3. The van der Waals surface area contributed by atoms with Gasteiger partial charge in [-0.1, -0.05) is 31.4 Å². The molecule has 3 amide bonds. The van der Waals surface area contributed by atoms with Crippen LogP contribution in [0.3, 0.4) is 0 Å². The summed E-state index contributed by atoms with van der Waals surface area (Å²) in [5.41, 5.74) is 0.812. The van der Waals surface area contributed by atoms with Crippen molar-refractivity contribution >= 4 is 23.4 Å². The van der Waals surface area contributed by atoms with E-state index in [2.05, 4.69) is 15.6 Å². The Morgan fingerprint density at radius 3 is 2.49 bits per heavy atom. The summed E-state index contributed by atoms with van der Waals surface area (Å²) in [5.74, 6) is -1.86. The fourth-order valence-corrected chi connectivity index (χ4v) is 4.26. The second-order valence-corrected chi connectivity index (χ2v) is 8.43. The summed E-state index contributed by atoms with van der Waals surface area (Å²) in [5, 5.41) is 5.61. The Kier molecular flexibility index (Phi) is 7.87. The highest BCUT2D eigenvalue weighted by molar-refractivity contribution is 6.04. The molecule has 1 saturated carbocycles. The van der Waals surface area contributed by atoms with Gasteiger partial charge in [-0.25, -0.2) is 4.39 Å². The molecule has 9 heteroatoms. The highest BCUT2D eigenvalue weighted by Crippen LogP contribution is 2.29. The molecule has 1 aliphatic carbocycles. The van der Waals surface area contributed by atoms with Crippen LogP contribution in [0.4, 0.5) is 10.1 Å². The second-order valence-electron chi connectivity index (χ2n) is 8.43. The van der Waals surface area contributed by atoms with Crippen LogP contribution in [0.25, 0.3) is 0 Å². The van der Waals surface area contributed by atoms with Crippen LogP contribution in [0, 0.1) is 5.82 Å². The van der Waals surface area contributed by atoms with Gasteiger partial charge in [-0.15, -0.1) is 0 Å². The molecule has 0 aliphatic heterocycles. The van der Waals surface area contributed by atoms with Gasteiger partial charge >= 0.3 is 0 Å². The van der Waals surface area contributed by atoms with Gasteiger partial charge in [0.15, 0.2) is 5.76 Å². The van der Waals surface area contributed by atoms with E-state index in [0.717, 1.165) is 32.1 Å². The van der Waals surface area contributed by atoms with E-state index in [0.29, 0.717) is 11.3 Å². The average Bonchev–Trinajstić information content (AvgIpc) is 3.43. The Bertz CT molecular complexity index is 1130. The van der Waals surface area contributed by atoms with Crippen molar-refractivity contribution in [2.75, 3.05) is 11.4 Å². The maximum atomic E-state index is 13.7. The average molecular weight is 479 g/mol. The van der Waals surface area contributed by atoms with Crippen LogP contribution in [0.15, 0.2) is 71.6 Å². The summed E-state index contributed by atoms with van der Waals surface area (Å²) in [7, 11) is 0. The largest absolute Gasteiger partial charge is 0.459 e. The van der Waals surface area contributed by atoms with E-state index in [1.165, 1.54) is 47.7 Å². The first-order valence-corrected chi connectivity index (χ1v) is 11.6. The first kappa shape index (κ1) is 24.1. The van der Waals surface area contributed by atoms with Crippen LogP contribution in [-0.2, 0) is 9.59 Å². The number of carbonyl (C=O) groups excluding carboxylic acids is 3. The number of hydrogen-bond donors (Lipinski definition) is 2. The van der Waals surface area contributed by atoms with Gasteiger partial charge in [-0.05, 0) is 54.8 Å². The minimum absolute atomic E-state index is 0.00343. The lowest BCUT2D eigenvalue weighted by molar-refractivity contribution is -0.127. The number of pyridine rings is 1. The van der Waals surface area contributed by atoms with Crippen LogP contribution in [0.2, 0.25) is 0 Å². The van der Waals surface area contributed by atoms with Crippen molar-refractivity contribution in [3.05, 3.63) is 84.3 Å². The van der Waals surface area contributed by atoms with E-state index in [-0.39, 0.29) is 24.3 Å². The lowest BCUT2D eigenvalue weighted by Gasteiger charge is -2.33. The van der Waals surface area contributed by atoms with Gasteiger partial charge in [0.2, 0.25) is 11.8 Å². The number of nitrogens with zero attached hydrogens (tertiary/aromatic N) is 2. The summed E-state index contributed by atoms with van der Waals surface area (Å²) < 4.78 is 18.8. The molecular weight excluding hydrogens is 451 g/mol. The van der Waals surface area contributed by atoms with E-state index in [9.17, 15) is 18.8 Å². The van der Waals surface area contributed by atoms with Crippen LogP contribution >= 0.6 is 0 Å². The zero-order valence-electron chi connectivity index (χ0n) is 19.2. The van der Waals surface area contributed by atoms with Crippen molar-refractivity contribution in [3.8, 4) is 0 Å². The molecule has 2 aromatic heterocycles. The summed E-state index contributed by atoms with van der Waals surface area (Å²) in [6.45, 7) is -0.386. The molecule has 35 heavy (non-hydrogen) atoms. The third-order valence-electron chi connectivity index (χ3n) is 5.98. The van der Waals surface area contributed by atoms with Gasteiger partial charge in [-0.3, -0.25) is 24.3 Å². The van der Waals surface area contributed by atoms with E-state index >= 15 is 0 Å². The highest BCUT2D eigenvalue weighted by atomic mass is 19.1. The highest BCUT2D eigenvalue weighted by Gasteiger charge is 2.34. The Hall–Kier alpha value is -4.01. The van der Waals surface area contributed by atoms with Crippen molar-refractivity contribution in [2.45, 2.75) is 44.2 Å². The molecule has 0 saturated heterocycles. The normalized spacial score (nSPS) is 14.7. The van der Waals surface area contributed by atoms with Crippen LogP contribution in [-0.4, -0.2) is 35.3 Å². The van der Waals surface area contributed by atoms with Gasteiger partial charge in [0.1, 0.15) is 11.9 Å². The second kappa shape index (κ2) is 11.4. The molecule has 1 aromatic carbocycles. The number of nitrogens with one attached hydrogen (secondary N) is 2. The minimum Gasteiger partial charge on any atom is -0.459 e. The lowest BCUT2D eigenvalue weighted by Crippen LogP contribution is -2.49. The molecule has 0 radical (unpaired) electrons. The predicted molar refractivity (Wildman–Crippen MR) is 127 cm³/mol. The molecule has 8 nitrogen and oxygen atoms in total. The first-order valence-electron chi connectivity index (χ1n) is 11.6. The molecule has 1 atom stereocenters. The zero-order chi connectivity index (χ0) is 24.6. The Morgan fingerprint density at radius 1 is 1.06 bits per heavy atom. The van der Waals surface area contributed by atoms with Crippen LogP contribution in [0.5, 0.6) is 0 Å². The van der Waals surface area contributed by atoms with Crippen molar-refractivity contribution in [2.24, 2.45) is 0 Å². The maximum Gasteiger partial charge on any atom is 0.287 e. The van der Waals surface area contributed by atoms with Crippen LogP contribution < -0.4 is 15.5 Å². The van der Waals surface area contributed by atoms with E-state index < -0.39 is 23.7 Å². The quantitative estimate of drug-likeness (QED) is 0.513. The van der Waals surface area contributed by atoms with Crippen molar-refractivity contribution in [1.82, 2.24) is 15.6 Å². The Labute approximate surface area is 202 Å². The Balaban J connectivity index is 1.65. The SMILES string of the molecule is O=C(NCC(=O)N(c1cccnc1)[C@@H](C(=O)NC1CCCCC1)c1ccc(F)cc1)c1ccco1. The fourth-order valence-electron chi connectivity index (χ4n) is 4.26. The van der Waals surface area contributed by atoms with E-state index in [4.69, 9.17) is 4.42 Å². The predicted octanol–water partition coefficient (Wildman–Crippen LogP) is 3.77. The first-order chi connectivity index (χ1) is 17.0. The number of hydrogen-bond acceptors (Lipinski definition) is 5. The molecule has 0 unspecified atom stereocenters. The monoisotopic (exact) mass is 478 g/mol. The maximum absolute atomic E-state index is 13.7. The smallest absolute Gasteiger partial charge is 0.287 e. The van der Waals surface area contributed by atoms with Gasteiger partial charge < -0.3 is 15.1 Å². The number of rotatable bonds is 8. The molecule has 2 N–H and O–H groups in total. The molecule has 1 fully saturated rings. The number of furan rings is 1. The number of anilines is 1. The fraction of sp³-hybridized carbons (Fsp3) is 0.308. The third-order valence-corrected chi connectivity index (χ3v) is 5.98. The molecular formula is C26H27FN4O4. The molecule has 0 bridgehead atoms. The lowest BCUT2D eigenvalue weighted by atomic mass is 9.94. The van der Waals surface area contributed by atoms with E-state index in [1.807, 2.05) is 0 Å². The molecule has 182 valence electrons. The van der Waals surface area contributed by atoms with Crippen molar-refractivity contribution < 1.29 is 23.2 Å². The van der Waals surface area contributed by atoms with Crippen molar-refractivity contribution in [1.29, 1.82) is 0 Å². The van der Waals surface area contributed by atoms with Gasteiger partial charge in [-0.2, -0.15) is 0 Å². The molecule has 4 rings (SSSR count). The van der Waals surface area contributed by atoms with Gasteiger partial charge in [0.25, 0.3) is 5.91 Å². The third kappa shape index (κ3) is 6.11. The summed E-state index contributed by atoms with van der Waals surface area (Å²) in [6, 6.07) is 10.7. The summed E-state index contributed by atoms with van der Waals surface area (Å²) in [4.78, 5) is 44.8. The van der Waals surface area contributed by atoms with Crippen LogP contribution in [0.1, 0.15) is 54.3 Å². The standard InChI is InChI=1S/C26H27FN4O4/c27-19-12-10-18(11-13-19)24(26(34)30-20-6-2-1-3-7-20)31(21-8-4-14-28-16-21)23(32)17-29-25(33)22-9-5-15-35-22/h4-5,8-16,20,24H,1-3,6-7,17H2,(H,29,33)(H,30,34)/t24-/m1/s1. The summed E-state index contributed by atoms with van der Waals surface area (Å²) >= 11 is 0. The topological polar surface area (TPSA) is 105 Å². The zero-order valence-corrected chi connectivity index (χ0v) is 19.2. The van der Waals surface area contributed by atoms with Gasteiger partial charge in [0.05, 0.1) is 24.7 Å². The molecule has 1 aliphatic rings. The molecule has 3 aromatic rings. The number of amides is 3. The number of halogens is 1. The number of benzene rings is 1. The Morgan fingerprint density at radius 2 is 1.83 bits per heavy atom.